The number of amides is 1. The van der Waals surface area contributed by atoms with Crippen molar-refractivity contribution >= 4 is 27.1 Å². The largest absolute Gasteiger partial charge is 0.342 e. The Morgan fingerprint density at radius 1 is 1.35 bits per heavy atom. The normalized spacial score (nSPS) is 22.0. The Balaban J connectivity index is 1.92. The van der Waals surface area contributed by atoms with E-state index in [-0.39, 0.29) is 17.7 Å². The molecule has 130 valence electrons. The van der Waals surface area contributed by atoms with Gasteiger partial charge in [-0.15, -0.1) is 11.3 Å². The number of hydrogen-bond acceptors (Lipinski definition) is 5. The summed E-state index contributed by atoms with van der Waals surface area (Å²) in [6.07, 6.45) is 4.94. The average molecular weight is 359 g/mol. The zero-order chi connectivity index (χ0) is 17.0. The van der Waals surface area contributed by atoms with Crippen LogP contribution in [0, 0.1) is 5.92 Å². The van der Waals surface area contributed by atoms with Crippen molar-refractivity contribution in [3.63, 3.8) is 0 Å². The van der Waals surface area contributed by atoms with Crippen LogP contribution in [0.15, 0.2) is 5.38 Å². The van der Waals surface area contributed by atoms with Gasteiger partial charge in [-0.1, -0.05) is 13.8 Å². The summed E-state index contributed by atoms with van der Waals surface area (Å²) in [5, 5.41) is 2.70. The average Bonchev–Trinajstić information content (AvgIpc) is 2.93. The fourth-order valence-electron chi connectivity index (χ4n) is 2.98. The molecule has 0 aliphatic heterocycles. The smallest absolute Gasteiger partial charge is 0.237 e. The molecule has 23 heavy (non-hydrogen) atoms. The van der Waals surface area contributed by atoms with Crippen molar-refractivity contribution in [1.29, 1.82) is 0 Å². The summed E-state index contributed by atoms with van der Waals surface area (Å²) < 4.78 is 24.5. The van der Waals surface area contributed by atoms with Gasteiger partial charge in [-0.2, -0.15) is 0 Å². The molecule has 0 bridgehead atoms. The minimum atomic E-state index is -3.47. The third-order valence-electron chi connectivity index (χ3n) is 4.54. The fraction of sp³-hybridized carbons (Fsp3) is 0.750. The van der Waals surface area contributed by atoms with Gasteiger partial charge in [0.25, 0.3) is 0 Å². The van der Waals surface area contributed by atoms with Crippen LogP contribution in [0.3, 0.4) is 0 Å². The molecule has 0 saturated heterocycles. The molecule has 2 rings (SSSR count). The van der Waals surface area contributed by atoms with E-state index in [4.69, 9.17) is 0 Å². The van der Waals surface area contributed by atoms with E-state index >= 15 is 0 Å². The quantitative estimate of drug-likeness (QED) is 0.784. The van der Waals surface area contributed by atoms with Crippen LogP contribution in [0.4, 0.5) is 0 Å². The van der Waals surface area contributed by atoms with E-state index in [1.54, 1.807) is 17.3 Å². The zero-order valence-corrected chi connectivity index (χ0v) is 15.8. The van der Waals surface area contributed by atoms with Gasteiger partial charge in [0, 0.05) is 18.5 Å². The van der Waals surface area contributed by atoms with Gasteiger partial charge in [-0.25, -0.2) is 13.4 Å². The molecule has 0 unspecified atom stereocenters. The van der Waals surface area contributed by atoms with E-state index in [1.165, 1.54) is 11.3 Å². The summed E-state index contributed by atoms with van der Waals surface area (Å²) in [5.41, 5.74) is 0.550. The van der Waals surface area contributed by atoms with Crippen LogP contribution in [0.2, 0.25) is 0 Å². The summed E-state index contributed by atoms with van der Waals surface area (Å²) >= 11 is 1.47. The van der Waals surface area contributed by atoms with E-state index in [9.17, 15) is 13.2 Å². The topological polar surface area (TPSA) is 67.3 Å². The first-order valence-corrected chi connectivity index (χ1v) is 10.9. The summed E-state index contributed by atoms with van der Waals surface area (Å²) in [6, 6.07) is 0.180. The van der Waals surface area contributed by atoms with Gasteiger partial charge in [0.15, 0.2) is 9.84 Å². The number of carbonyl (C=O) groups is 1. The number of aryl methyl sites for hydroxylation is 1. The van der Waals surface area contributed by atoms with Gasteiger partial charge < -0.3 is 4.90 Å². The number of carbonyl (C=O) groups excluding carboxylic acids is 1. The lowest BCUT2D eigenvalue weighted by molar-refractivity contribution is -0.129. The first-order chi connectivity index (χ1) is 10.8. The minimum absolute atomic E-state index is 0.148. The standard InChI is InChI=1S/C16H26N2O3S2/c1-4-15-17-13(9-22-15)10-23(20,21)11-16(19)18(3)14-7-5-12(2)6-8-14/h9,12,14H,4-8,10-11H2,1-3H3. The predicted octanol–water partition coefficient (Wildman–Crippen LogP) is 2.66. The van der Waals surface area contributed by atoms with Gasteiger partial charge in [0.1, 0.15) is 5.75 Å². The van der Waals surface area contributed by atoms with Crippen LogP contribution < -0.4 is 0 Å². The van der Waals surface area contributed by atoms with E-state index in [0.717, 1.165) is 37.1 Å². The van der Waals surface area contributed by atoms with Crippen molar-refractivity contribution in [2.24, 2.45) is 5.92 Å². The molecule has 0 atom stereocenters. The number of nitrogens with zero attached hydrogens (tertiary/aromatic N) is 2. The van der Waals surface area contributed by atoms with Crippen LogP contribution in [0.5, 0.6) is 0 Å². The second kappa shape index (κ2) is 7.75. The van der Waals surface area contributed by atoms with Crippen LogP contribution in [-0.2, 0) is 26.8 Å². The second-order valence-electron chi connectivity index (χ2n) is 6.54. The molecule has 1 aromatic rings. The van der Waals surface area contributed by atoms with Crippen molar-refractivity contribution in [1.82, 2.24) is 9.88 Å². The molecule has 1 aromatic heterocycles. The van der Waals surface area contributed by atoms with Gasteiger partial charge in [0.05, 0.1) is 16.5 Å². The highest BCUT2D eigenvalue weighted by molar-refractivity contribution is 7.91. The predicted molar refractivity (Wildman–Crippen MR) is 93.2 cm³/mol. The Hall–Kier alpha value is -0.950. The molecule has 1 aliphatic rings. The van der Waals surface area contributed by atoms with E-state index in [0.29, 0.717) is 11.6 Å². The summed E-state index contributed by atoms with van der Waals surface area (Å²) in [7, 11) is -1.74. The second-order valence-corrected chi connectivity index (χ2v) is 9.54. The third-order valence-corrected chi connectivity index (χ3v) is 7.00. The lowest BCUT2D eigenvalue weighted by Gasteiger charge is -2.33. The number of hydrogen-bond donors (Lipinski definition) is 0. The highest BCUT2D eigenvalue weighted by Gasteiger charge is 2.28. The Morgan fingerprint density at radius 3 is 2.57 bits per heavy atom. The number of rotatable bonds is 6. The van der Waals surface area contributed by atoms with E-state index in [1.807, 2.05) is 6.92 Å². The van der Waals surface area contributed by atoms with Crippen LogP contribution in [0.1, 0.15) is 50.2 Å². The highest BCUT2D eigenvalue weighted by atomic mass is 32.2. The van der Waals surface area contributed by atoms with Crippen LogP contribution in [0.25, 0.3) is 0 Å². The molecule has 1 fully saturated rings. The molecule has 1 saturated carbocycles. The number of sulfone groups is 1. The first kappa shape index (κ1) is 18.4. The summed E-state index contributed by atoms with van der Waals surface area (Å²) in [4.78, 5) is 18.2. The lowest BCUT2D eigenvalue weighted by atomic mass is 9.87. The maximum Gasteiger partial charge on any atom is 0.237 e. The molecular weight excluding hydrogens is 332 g/mol. The van der Waals surface area contributed by atoms with Crippen molar-refractivity contribution in [3.8, 4) is 0 Å². The summed E-state index contributed by atoms with van der Waals surface area (Å²) in [6.45, 7) is 4.21. The minimum Gasteiger partial charge on any atom is -0.342 e. The third kappa shape index (κ3) is 5.28. The molecule has 0 N–H and O–H groups in total. The zero-order valence-electron chi connectivity index (χ0n) is 14.1. The maximum atomic E-state index is 12.3. The van der Waals surface area contributed by atoms with E-state index in [2.05, 4.69) is 11.9 Å². The number of aromatic nitrogens is 1. The monoisotopic (exact) mass is 358 g/mol. The maximum absolute atomic E-state index is 12.3. The SMILES string of the molecule is CCc1nc(CS(=O)(=O)CC(=O)N(C)C2CCC(C)CC2)cs1. The molecule has 1 heterocycles. The van der Waals surface area contributed by atoms with Gasteiger partial charge in [0.2, 0.25) is 5.91 Å². The first-order valence-electron chi connectivity index (χ1n) is 8.20. The molecular formula is C16H26N2O3S2. The molecule has 1 aliphatic carbocycles. The van der Waals surface area contributed by atoms with Gasteiger partial charge in [-0.05, 0) is 38.0 Å². The molecule has 0 aromatic carbocycles. The Labute approximate surface area is 143 Å². The molecule has 1 amide bonds. The van der Waals surface area contributed by atoms with Crippen molar-refractivity contribution in [3.05, 3.63) is 16.1 Å². The molecule has 7 heteroatoms. The van der Waals surface area contributed by atoms with Gasteiger partial charge in [-0.3, -0.25) is 4.79 Å². The van der Waals surface area contributed by atoms with E-state index < -0.39 is 15.6 Å². The van der Waals surface area contributed by atoms with Crippen molar-refractivity contribution in [2.45, 2.75) is 57.7 Å². The molecule has 5 nitrogen and oxygen atoms in total. The van der Waals surface area contributed by atoms with Crippen molar-refractivity contribution in [2.75, 3.05) is 12.8 Å². The Morgan fingerprint density at radius 2 is 2.00 bits per heavy atom. The Kier molecular flexibility index (Phi) is 6.19. The molecule has 0 spiro atoms. The van der Waals surface area contributed by atoms with Crippen LogP contribution in [-0.4, -0.2) is 43.1 Å². The Bertz CT molecular complexity index is 632. The number of thiazole rings is 1. The fourth-order valence-corrected chi connectivity index (χ4v) is 5.11. The highest BCUT2D eigenvalue weighted by Crippen LogP contribution is 2.26. The van der Waals surface area contributed by atoms with Crippen LogP contribution >= 0.6 is 11.3 Å². The lowest BCUT2D eigenvalue weighted by Crippen LogP contribution is -2.42. The summed E-state index contributed by atoms with van der Waals surface area (Å²) in [5.74, 6) is -0.161. The van der Waals surface area contributed by atoms with Crippen molar-refractivity contribution < 1.29 is 13.2 Å². The van der Waals surface area contributed by atoms with Gasteiger partial charge >= 0.3 is 0 Å². The molecule has 0 radical (unpaired) electrons.